The first kappa shape index (κ1) is 15.8. The standard InChI is InChI=1S/C18H16ClNO2S/c1-20(11-12-7-9-13(22-2)10-8-12)18(21)17-16(19)14-5-3-4-6-15(14)23-17/h3-10H,11H2,1-2H3. The molecule has 0 bridgehead atoms. The molecule has 0 saturated heterocycles. The summed E-state index contributed by atoms with van der Waals surface area (Å²) in [5.74, 6) is 0.738. The summed E-state index contributed by atoms with van der Waals surface area (Å²) >= 11 is 7.82. The van der Waals surface area contributed by atoms with Crippen LogP contribution in [0.4, 0.5) is 0 Å². The minimum atomic E-state index is -0.0629. The quantitative estimate of drug-likeness (QED) is 0.677. The average Bonchev–Trinajstić information content (AvgIpc) is 2.92. The molecule has 5 heteroatoms. The van der Waals surface area contributed by atoms with Gasteiger partial charge < -0.3 is 9.64 Å². The van der Waals surface area contributed by atoms with Crippen molar-refractivity contribution in [1.29, 1.82) is 0 Å². The second-order valence-corrected chi connectivity index (χ2v) is 6.68. The maximum absolute atomic E-state index is 12.7. The zero-order valence-corrected chi connectivity index (χ0v) is 14.4. The number of ether oxygens (including phenoxy) is 1. The van der Waals surface area contributed by atoms with Crippen LogP contribution in [-0.2, 0) is 6.54 Å². The van der Waals surface area contributed by atoms with E-state index in [4.69, 9.17) is 16.3 Å². The average molecular weight is 346 g/mol. The lowest BCUT2D eigenvalue weighted by Gasteiger charge is -2.17. The molecule has 0 atom stereocenters. The van der Waals surface area contributed by atoms with Crippen LogP contribution in [0.25, 0.3) is 10.1 Å². The molecular weight excluding hydrogens is 330 g/mol. The Morgan fingerprint density at radius 2 is 1.87 bits per heavy atom. The van der Waals surface area contributed by atoms with Gasteiger partial charge in [-0.25, -0.2) is 0 Å². The molecule has 0 fully saturated rings. The maximum Gasteiger partial charge on any atom is 0.265 e. The number of rotatable bonds is 4. The molecular formula is C18H16ClNO2S. The van der Waals surface area contributed by atoms with Crippen molar-refractivity contribution in [2.45, 2.75) is 6.54 Å². The van der Waals surface area contributed by atoms with Gasteiger partial charge in [0.05, 0.1) is 12.1 Å². The van der Waals surface area contributed by atoms with Crippen LogP contribution in [-0.4, -0.2) is 25.0 Å². The number of carbonyl (C=O) groups excluding carboxylic acids is 1. The minimum absolute atomic E-state index is 0.0629. The fourth-order valence-electron chi connectivity index (χ4n) is 2.40. The van der Waals surface area contributed by atoms with E-state index in [0.29, 0.717) is 16.4 Å². The van der Waals surface area contributed by atoms with Gasteiger partial charge >= 0.3 is 0 Å². The highest BCUT2D eigenvalue weighted by molar-refractivity contribution is 7.21. The lowest BCUT2D eigenvalue weighted by atomic mass is 10.2. The maximum atomic E-state index is 12.7. The zero-order chi connectivity index (χ0) is 16.4. The molecule has 118 valence electrons. The van der Waals surface area contributed by atoms with Crippen LogP contribution in [0.1, 0.15) is 15.2 Å². The summed E-state index contributed by atoms with van der Waals surface area (Å²) in [6.45, 7) is 0.521. The molecule has 0 aliphatic heterocycles. The van der Waals surface area contributed by atoms with E-state index in [-0.39, 0.29) is 5.91 Å². The van der Waals surface area contributed by atoms with E-state index >= 15 is 0 Å². The van der Waals surface area contributed by atoms with Crippen molar-refractivity contribution >= 4 is 38.9 Å². The van der Waals surface area contributed by atoms with E-state index in [2.05, 4.69) is 0 Å². The van der Waals surface area contributed by atoms with Gasteiger partial charge in [0.25, 0.3) is 5.91 Å². The number of carbonyl (C=O) groups is 1. The van der Waals surface area contributed by atoms with Crippen molar-refractivity contribution in [1.82, 2.24) is 4.90 Å². The molecule has 2 aromatic carbocycles. The van der Waals surface area contributed by atoms with Gasteiger partial charge in [-0.1, -0.05) is 41.9 Å². The molecule has 23 heavy (non-hydrogen) atoms. The van der Waals surface area contributed by atoms with E-state index in [1.54, 1.807) is 19.1 Å². The van der Waals surface area contributed by atoms with Gasteiger partial charge in [-0.05, 0) is 23.8 Å². The van der Waals surface area contributed by atoms with Gasteiger partial charge in [-0.15, -0.1) is 11.3 Å². The molecule has 0 aliphatic carbocycles. The molecule has 0 saturated carbocycles. The summed E-state index contributed by atoms with van der Waals surface area (Å²) in [6, 6.07) is 15.5. The smallest absolute Gasteiger partial charge is 0.265 e. The summed E-state index contributed by atoms with van der Waals surface area (Å²) in [5, 5.41) is 1.47. The Labute approximate surface area is 144 Å². The molecule has 0 radical (unpaired) electrons. The van der Waals surface area contributed by atoms with Gasteiger partial charge in [-0.2, -0.15) is 0 Å². The fraction of sp³-hybridized carbons (Fsp3) is 0.167. The van der Waals surface area contributed by atoms with Crippen LogP contribution in [0, 0.1) is 0 Å². The third-order valence-electron chi connectivity index (χ3n) is 3.65. The Kier molecular flexibility index (Phi) is 4.55. The number of hydrogen-bond acceptors (Lipinski definition) is 3. The molecule has 1 aromatic heterocycles. The molecule has 0 aliphatic rings. The van der Waals surface area contributed by atoms with Crippen molar-refractivity contribution in [3.8, 4) is 5.75 Å². The molecule has 3 rings (SSSR count). The van der Waals surface area contributed by atoms with Crippen molar-refractivity contribution in [2.75, 3.05) is 14.2 Å². The first-order valence-corrected chi connectivity index (χ1v) is 8.35. The number of benzene rings is 2. The van der Waals surface area contributed by atoms with Crippen molar-refractivity contribution in [3.63, 3.8) is 0 Å². The lowest BCUT2D eigenvalue weighted by Crippen LogP contribution is -2.25. The molecule has 1 amide bonds. The molecule has 3 aromatic rings. The Morgan fingerprint density at radius 3 is 2.52 bits per heavy atom. The normalized spacial score (nSPS) is 10.7. The lowest BCUT2D eigenvalue weighted by molar-refractivity contribution is 0.0790. The third kappa shape index (κ3) is 3.19. The van der Waals surface area contributed by atoms with Gasteiger partial charge in [0.1, 0.15) is 10.6 Å². The highest BCUT2D eigenvalue weighted by Crippen LogP contribution is 2.35. The number of amides is 1. The molecule has 0 unspecified atom stereocenters. The Balaban J connectivity index is 1.81. The number of halogens is 1. The van der Waals surface area contributed by atoms with Gasteiger partial charge in [-0.3, -0.25) is 4.79 Å². The monoisotopic (exact) mass is 345 g/mol. The second kappa shape index (κ2) is 6.60. The predicted octanol–water partition coefficient (Wildman–Crippen LogP) is 4.84. The number of hydrogen-bond donors (Lipinski definition) is 0. The number of thiophene rings is 1. The summed E-state index contributed by atoms with van der Waals surface area (Å²) in [6.07, 6.45) is 0. The van der Waals surface area contributed by atoms with Crippen molar-refractivity contribution < 1.29 is 9.53 Å². The first-order chi connectivity index (χ1) is 11.1. The van der Waals surface area contributed by atoms with Crippen LogP contribution in [0.2, 0.25) is 5.02 Å². The van der Waals surface area contributed by atoms with Crippen molar-refractivity contribution in [3.05, 3.63) is 64.0 Å². The molecule has 0 spiro atoms. The summed E-state index contributed by atoms with van der Waals surface area (Å²) in [4.78, 5) is 15.0. The fourth-order valence-corrected chi connectivity index (χ4v) is 3.91. The van der Waals surface area contributed by atoms with Crippen LogP contribution >= 0.6 is 22.9 Å². The van der Waals surface area contributed by atoms with Gasteiger partial charge in [0.2, 0.25) is 0 Å². The van der Waals surface area contributed by atoms with E-state index in [1.165, 1.54) is 11.3 Å². The van der Waals surface area contributed by atoms with E-state index in [9.17, 15) is 4.79 Å². The molecule has 0 N–H and O–H groups in total. The van der Waals surface area contributed by atoms with Crippen LogP contribution in [0.5, 0.6) is 5.75 Å². The summed E-state index contributed by atoms with van der Waals surface area (Å²) in [5.41, 5.74) is 1.04. The predicted molar refractivity (Wildman–Crippen MR) is 95.6 cm³/mol. The Bertz CT molecular complexity index is 842. The number of methoxy groups -OCH3 is 1. The minimum Gasteiger partial charge on any atom is -0.497 e. The van der Waals surface area contributed by atoms with Crippen molar-refractivity contribution in [2.24, 2.45) is 0 Å². The number of fused-ring (bicyclic) bond motifs is 1. The number of nitrogens with zero attached hydrogens (tertiary/aromatic N) is 1. The zero-order valence-electron chi connectivity index (χ0n) is 12.9. The highest BCUT2D eigenvalue weighted by atomic mass is 35.5. The van der Waals surface area contributed by atoms with Crippen LogP contribution < -0.4 is 4.74 Å². The Morgan fingerprint density at radius 1 is 1.17 bits per heavy atom. The summed E-state index contributed by atoms with van der Waals surface area (Å²) < 4.78 is 6.17. The van der Waals surface area contributed by atoms with Gasteiger partial charge in [0.15, 0.2) is 0 Å². The largest absolute Gasteiger partial charge is 0.497 e. The molecule has 1 heterocycles. The third-order valence-corrected chi connectivity index (χ3v) is 5.32. The van der Waals surface area contributed by atoms with Crippen LogP contribution in [0.15, 0.2) is 48.5 Å². The van der Waals surface area contributed by atoms with Crippen LogP contribution in [0.3, 0.4) is 0 Å². The van der Waals surface area contributed by atoms with E-state index in [0.717, 1.165) is 21.4 Å². The highest BCUT2D eigenvalue weighted by Gasteiger charge is 2.20. The Hall–Kier alpha value is -2.04. The van der Waals surface area contributed by atoms with Gasteiger partial charge in [0, 0.05) is 23.7 Å². The molecule has 3 nitrogen and oxygen atoms in total. The summed E-state index contributed by atoms with van der Waals surface area (Å²) in [7, 11) is 3.42. The topological polar surface area (TPSA) is 29.5 Å². The SMILES string of the molecule is COc1ccc(CN(C)C(=O)c2sc3ccccc3c2Cl)cc1. The first-order valence-electron chi connectivity index (χ1n) is 7.15. The van der Waals surface area contributed by atoms with E-state index < -0.39 is 0 Å². The second-order valence-electron chi connectivity index (χ2n) is 5.25. The van der Waals surface area contributed by atoms with E-state index in [1.807, 2.05) is 48.5 Å².